The molecule has 1 aromatic heterocycles. The van der Waals surface area contributed by atoms with Gasteiger partial charge in [-0.2, -0.15) is 0 Å². The third kappa shape index (κ3) is 3.64. The van der Waals surface area contributed by atoms with Crippen LogP contribution >= 0.6 is 11.3 Å². The molecule has 0 aliphatic carbocycles. The molecule has 4 amide bonds. The molecular weight excluding hydrogens is 376 g/mol. The number of imide groups is 1. The lowest BCUT2D eigenvalue weighted by Crippen LogP contribution is -2.46. The minimum Gasteiger partial charge on any atom is -0.323 e. The predicted octanol–water partition coefficient (Wildman–Crippen LogP) is 3.48. The molecule has 0 spiro atoms. The summed E-state index contributed by atoms with van der Waals surface area (Å²) in [4.78, 5) is 42.6. The lowest BCUT2D eigenvalue weighted by molar-refractivity contribution is -0.134. The molecular formula is C20H24N4O3S. The lowest BCUT2D eigenvalue weighted by atomic mass is 9.93. The van der Waals surface area contributed by atoms with Gasteiger partial charge in [0.15, 0.2) is 5.13 Å². The van der Waals surface area contributed by atoms with E-state index in [4.69, 9.17) is 0 Å². The molecule has 0 atom stereocenters. The van der Waals surface area contributed by atoms with Crippen LogP contribution in [-0.4, -0.2) is 39.8 Å². The van der Waals surface area contributed by atoms with E-state index in [1.165, 1.54) is 16.9 Å². The van der Waals surface area contributed by atoms with Crippen LogP contribution in [-0.2, 0) is 9.59 Å². The first-order valence-electron chi connectivity index (χ1n) is 9.26. The van der Waals surface area contributed by atoms with E-state index in [9.17, 15) is 14.4 Å². The Kier molecular flexibility index (Phi) is 5.51. The molecule has 28 heavy (non-hydrogen) atoms. The van der Waals surface area contributed by atoms with Crippen molar-refractivity contribution < 1.29 is 14.4 Å². The Morgan fingerprint density at radius 1 is 1.25 bits per heavy atom. The Morgan fingerprint density at radius 2 is 1.96 bits per heavy atom. The summed E-state index contributed by atoms with van der Waals surface area (Å²) < 4.78 is 0. The van der Waals surface area contributed by atoms with Crippen molar-refractivity contribution in [2.75, 3.05) is 11.9 Å². The average Bonchev–Trinajstić information content (AvgIpc) is 3.20. The quantitative estimate of drug-likeness (QED) is 0.726. The third-order valence-electron chi connectivity index (χ3n) is 5.16. The van der Waals surface area contributed by atoms with Gasteiger partial charge in [0.25, 0.3) is 5.91 Å². The number of hydrogen-bond acceptors (Lipinski definition) is 5. The van der Waals surface area contributed by atoms with E-state index >= 15 is 0 Å². The molecule has 148 valence electrons. The second-order valence-electron chi connectivity index (χ2n) is 7.02. The van der Waals surface area contributed by atoms with Crippen molar-refractivity contribution in [1.82, 2.24) is 15.2 Å². The van der Waals surface area contributed by atoms with Gasteiger partial charge in [-0.1, -0.05) is 37.6 Å². The molecule has 0 bridgehead atoms. The molecule has 7 nitrogen and oxygen atoms in total. The van der Waals surface area contributed by atoms with Crippen molar-refractivity contribution >= 4 is 34.3 Å². The van der Waals surface area contributed by atoms with Crippen molar-refractivity contribution in [3.63, 3.8) is 0 Å². The van der Waals surface area contributed by atoms with E-state index in [0.29, 0.717) is 18.0 Å². The van der Waals surface area contributed by atoms with Gasteiger partial charge >= 0.3 is 6.03 Å². The fraction of sp³-hybridized carbons (Fsp3) is 0.400. The topological polar surface area (TPSA) is 91.4 Å². The largest absolute Gasteiger partial charge is 0.325 e. The molecule has 0 saturated carbocycles. The van der Waals surface area contributed by atoms with Gasteiger partial charge < -0.3 is 10.6 Å². The van der Waals surface area contributed by atoms with Gasteiger partial charge in [-0.05, 0) is 32.3 Å². The molecule has 2 aromatic rings. The summed E-state index contributed by atoms with van der Waals surface area (Å²) in [6.07, 6.45) is 0.968. The van der Waals surface area contributed by atoms with Gasteiger partial charge in [-0.15, -0.1) is 11.3 Å². The Morgan fingerprint density at radius 3 is 2.57 bits per heavy atom. The fourth-order valence-electron chi connectivity index (χ4n) is 3.41. The van der Waals surface area contributed by atoms with Crippen LogP contribution < -0.4 is 10.6 Å². The van der Waals surface area contributed by atoms with E-state index in [0.717, 1.165) is 21.7 Å². The predicted molar refractivity (Wildman–Crippen MR) is 109 cm³/mol. The normalized spacial score (nSPS) is 15.6. The van der Waals surface area contributed by atoms with E-state index in [1.54, 1.807) is 0 Å². The molecule has 1 aromatic carbocycles. The molecule has 1 aliphatic heterocycles. The number of aryl methyl sites for hydroxylation is 2. The van der Waals surface area contributed by atoms with Gasteiger partial charge in [0.05, 0.1) is 5.69 Å². The van der Waals surface area contributed by atoms with Crippen LogP contribution in [0.25, 0.3) is 11.3 Å². The maximum atomic E-state index is 12.6. The first-order chi connectivity index (χ1) is 13.3. The summed E-state index contributed by atoms with van der Waals surface area (Å²) >= 11 is 1.31. The second-order valence-corrected chi connectivity index (χ2v) is 7.87. The molecule has 2 heterocycles. The van der Waals surface area contributed by atoms with E-state index < -0.39 is 17.5 Å². The van der Waals surface area contributed by atoms with Crippen LogP contribution in [0.1, 0.15) is 37.8 Å². The molecule has 0 radical (unpaired) electrons. The maximum Gasteiger partial charge on any atom is 0.325 e. The number of urea groups is 1. The number of amides is 4. The summed E-state index contributed by atoms with van der Waals surface area (Å²) in [7, 11) is 0. The van der Waals surface area contributed by atoms with Crippen LogP contribution in [0.2, 0.25) is 0 Å². The number of nitrogens with zero attached hydrogens (tertiary/aromatic N) is 2. The van der Waals surface area contributed by atoms with Gasteiger partial charge in [0, 0.05) is 10.9 Å². The number of benzene rings is 1. The van der Waals surface area contributed by atoms with E-state index in [-0.39, 0.29) is 12.5 Å². The van der Waals surface area contributed by atoms with E-state index in [1.807, 2.05) is 45.2 Å². The molecule has 3 rings (SSSR count). The summed E-state index contributed by atoms with van der Waals surface area (Å²) in [5.74, 6) is -0.805. The minimum absolute atomic E-state index is 0.328. The highest BCUT2D eigenvalue weighted by Crippen LogP contribution is 2.28. The number of nitrogens with one attached hydrogen (secondary N) is 2. The van der Waals surface area contributed by atoms with Crippen LogP contribution in [0.4, 0.5) is 9.93 Å². The summed E-state index contributed by atoms with van der Waals surface area (Å²) in [6, 6.07) is 5.58. The lowest BCUT2D eigenvalue weighted by Gasteiger charge is -2.22. The van der Waals surface area contributed by atoms with Crippen LogP contribution in [0.15, 0.2) is 23.6 Å². The average molecular weight is 401 g/mol. The second kappa shape index (κ2) is 7.71. The van der Waals surface area contributed by atoms with Crippen molar-refractivity contribution in [2.45, 2.75) is 46.1 Å². The Hall–Kier alpha value is -2.74. The molecule has 2 N–H and O–H groups in total. The zero-order valence-electron chi connectivity index (χ0n) is 16.5. The standard InChI is InChI=1S/C20H24N4O3S/c1-5-20(6-2)17(26)24(19(27)23-20)10-16(25)22-18-21-15(11-28-18)14-8-7-12(3)9-13(14)4/h7-9,11H,5-6,10H2,1-4H3,(H,23,27)(H,21,22,25). The highest BCUT2D eigenvalue weighted by Gasteiger charge is 2.49. The summed E-state index contributed by atoms with van der Waals surface area (Å²) in [5, 5.41) is 7.72. The van der Waals surface area contributed by atoms with Crippen LogP contribution in [0.5, 0.6) is 0 Å². The minimum atomic E-state index is -0.908. The van der Waals surface area contributed by atoms with Gasteiger partial charge in [0.1, 0.15) is 12.1 Å². The maximum absolute atomic E-state index is 12.6. The highest BCUT2D eigenvalue weighted by molar-refractivity contribution is 7.14. The molecule has 1 aliphatic rings. The van der Waals surface area contributed by atoms with E-state index in [2.05, 4.69) is 21.7 Å². The number of carbonyl (C=O) groups is 3. The third-order valence-corrected chi connectivity index (χ3v) is 5.92. The molecule has 8 heteroatoms. The van der Waals surface area contributed by atoms with Crippen molar-refractivity contribution in [3.8, 4) is 11.3 Å². The fourth-order valence-corrected chi connectivity index (χ4v) is 4.13. The first kappa shape index (κ1) is 20.0. The number of rotatable bonds is 6. The Balaban J connectivity index is 1.69. The first-order valence-corrected chi connectivity index (χ1v) is 10.1. The number of carbonyl (C=O) groups excluding carboxylic acids is 3. The molecule has 1 saturated heterocycles. The highest BCUT2D eigenvalue weighted by atomic mass is 32.1. The van der Waals surface area contributed by atoms with Gasteiger partial charge in [-0.25, -0.2) is 9.78 Å². The van der Waals surface area contributed by atoms with Gasteiger partial charge in [-0.3, -0.25) is 14.5 Å². The zero-order valence-corrected chi connectivity index (χ0v) is 17.3. The van der Waals surface area contributed by atoms with Crippen LogP contribution in [0, 0.1) is 13.8 Å². The summed E-state index contributed by atoms with van der Waals surface area (Å²) in [5.41, 5.74) is 3.16. The summed E-state index contributed by atoms with van der Waals surface area (Å²) in [6.45, 7) is 7.41. The van der Waals surface area contributed by atoms with Crippen molar-refractivity contribution in [2.24, 2.45) is 0 Å². The zero-order chi connectivity index (χ0) is 20.5. The van der Waals surface area contributed by atoms with Gasteiger partial charge in [0.2, 0.25) is 5.91 Å². The Labute approximate surface area is 168 Å². The number of aromatic nitrogens is 1. The van der Waals surface area contributed by atoms with Crippen molar-refractivity contribution in [1.29, 1.82) is 0 Å². The SMILES string of the molecule is CCC1(CC)NC(=O)N(CC(=O)Nc2nc(-c3ccc(C)cc3C)cs2)C1=O. The number of thiazole rings is 1. The van der Waals surface area contributed by atoms with Crippen LogP contribution in [0.3, 0.4) is 0 Å². The monoisotopic (exact) mass is 400 g/mol. The smallest absolute Gasteiger partial charge is 0.323 e. The van der Waals surface area contributed by atoms with Crippen molar-refractivity contribution in [3.05, 3.63) is 34.7 Å². The Bertz CT molecular complexity index is 933. The molecule has 0 unspecified atom stereocenters. The number of hydrogen-bond donors (Lipinski definition) is 2. The molecule has 1 fully saturated rings. The number of anilines is 1.